The van der Waals surface area contributed by atoms with Crippen molar-refractivity contribution in [2.75, 3.05) is 25.0 Å². The second kappa shape index (κ2) is 12.3. The van der Waals surface area contributed by atoms with E-state index < -0.39 is 17.5 Å². The standard InChI is InChI=1S/C29H33F3N6O3S/c1-18-14-20(16-21(15-18)36-27-34-10-7-23(37-27)29(30,31)32)22-17-35-26(42-22)28(41)8-5-19(6-9-28)25(40)33-11-13-38-12-3-2-4-24(38)39/h7,10,14-17,19,41H,2-6,8-9,11-13H2,1H3,(H,33,40)(H,34,36,37)/t19-,28-. The van der Waals surface area contributed by atoms with Crippen molar-refractivity contribution in [3.8, 4) is 10.4 Å². The van der Waals surface area contributed by atoms with Crippen LogP contribution in [-0.4, -0.2) is 56.4 Å². The first-order chi connectivity index (χ1) is 20.0. The number of halogens is 3. The average molecular weight is 603 g/mol. The zero-order chi connectivity index (χ0) is 29.9. The Kier molecular flexibility index (Phi) is 8.78. The highest BCUT2D eigenvalue weighted by molar-refractivity contribution is 7.15. The van der Waals surface area contributed by atoms with Crippen LogP contribution >= 0.6 is 11.3 Å². The van der Waals surface area contributed by atoms with Gasteiger partial charge >= 0.3 is 6.18 Å². The van der Waals surface area contributed by atoms with E-state index in [1.807, 2.05) is 13.0 Å². The molecule has 1 saturated heterocycles. The van der Waals surface area contributed by atoms with Gasteiger partial charge in [-0.15, -0.1) is 11.3 Å². The summed E-state index contributed by atoms with van der Waals surface area (Å²) in [6.07, 6.45) is 2.50. The lowest BCUT2D eigenvalue weighted by atomic mass is 9.78. The van der Waals surface area contributed by atoms with E-state index in [-0.39, 0.29) is 23.7 Å². The van der Waals surface area contributed by atoms with Gasteiger partial charge in [0, 0.05) is 50.1 Å². The number of hydrogen-bond acceptors (Lipinski definition) is 8. The number of aliphatic hydroxyl groups is 1. The number of thiazole rings is 1. The van der Waals surface area contributed by atoms with Crippen molar-refractivity contribution in [2.24, 2.45) is 5.92 Å². The third-order valence-corrected chi connectivity index (χ3v) is 8.99. The van der Waals surface area contributed by atoms with Gasteiger partial charge in [0.05, 0.1) is 4.88 Å². The highest BCUT2D eigenvalue weighted by Crippen LogP contribution is 2.43. The molecule has 9 nitrogen and oxygen atoms in total. The van der Waals surface area contributed by atoms with Gasteiger partial charge in [0.1, 0.15) is 16.3 Å². The molecule has 3 heterocycles. The van der Waals surface area contributed by atoms with Gasteiger partial charge in [-0.1, -0.05) is 6.07 Å². The maximum atomic E-state index is 13.1. The van der Waals surface area contributed by atoms with E-state index >= 15 is 0 Å². The second-order valence-corrected chi connectivity index (χ2v) is 12.0. The highest BCUT2D eigenvalue weighted by atomic mass is 32.1. The number of aromatic nitrogens is 3. The molecule has 2 fully saturated rings. The quantitative estimate of drug-likeness (QED) is 0.325. The zero-order valence-corrected chi connectivity index (χ0v) is 24.0. The number of carbonyl (C=O) groups is 2. The van der Waals surface area contributed by atoms with Crippen LogP contribution in [-0.2, 0) is 21.4 Å². The van der Waals surface area contributed by atoms with Gasteiger partial charge < -0.3 is 20.6 Å². The van der Waals surface area contributed by atoms with Crippen molar-refractivity contribution in [2.45, 2.75) is 63.6 Å². The lowest BCUT2D eigenvalue weighted by Gasteiger charge is -2.34. The van der Waals surface area contributed by atoms with Crippen LogP contribution in [0.2, 0.25) is 0 Å². The van der Waals surface area contributed by atoms with Crippen molar-refractivity contribution in [3.05, 3.63) is 52.9 Å². The molecule has 0 atom stereocenters. The molecule has 42 heavy (non-hydrogen) atoms. The molecule has 2 amide bonds. The van der Waals surface area contributed by atoms with Crippen molar-refractivity contribution in [3.63, 3.8) is 0 Å². The molecule has 5 rings (SSSR count). The zero-order valence-electron chi connectivity index (χ0n) is 23.2. The van der Waals surface area contributed by atoms with Crippen LogP contribution in [0.15, 0.2) is 36.7 Å². The fourth-order valence-corrected chi connectivity index (χ4v) is 6.50. The number of aryl methyl sites for hydroxylation is 1. The van der Waals surface area contributed by atoms with Crippen molar-refractivity contribution in [1.82, 2.24) is 25.2 Å². The SMILES string of the molecule is Cc1cc(Nc2nccc(C(F)(F)F)n2)cc(-c2cnc([C@]3(O)CC[C@H](C(=O)NCCN4CCCCC4=O)CC3)s2)c1. The summed E-state index contributed by atoms with van der Waals surface area (Å²) in [5.41, 5.74) is 0.00358. The Labute approximate surface area is 245 Å². The number of rotatable bonds is 8. The Hall–Kier alpha value is -3.58. The average Bonchev–Trinajstić information content (AvgIpc) is 3.46. The molecule has 1 aliphatic carbocycles. The van der Waals surface area contributed by atoms with E-state index in [0.29, 0.717) is 55.9 Å². The number of alkyl halides is 3. The minimum atomic E-state index is -4.58. The molecular weight excluding hydrogens is 569 g/mol. The number of carbonyl (C=O) groups excluding carboxylic acids is 2. The summed E-state index contributed by atoms with van der Waals surface area (Å²) >= 11 is 1.35. The van der Waals surface area contributed by atoms with Crippen molar-refractivity contribution < 1.29 is 27.9 Å². The van der Waals surface area contributed by atoms with E-state index in [1.165, 1.54) is 11.3 Å². The van der Waals surface area contributed by atoms with Crippen molar-refractivity contribution in [1.29, 1.82) is 0 Å². The molecule has 2 aromatic heterocycles. The Morgan fingerprint density at radius 1 is 1.19 bits per heavy atom. The number of likely N-dealkylation sites (tertiary alicyclic amines) is 1. The summed E-state index contributed by atoms with van der Waals surface area (Å²) < 4.78 is 39.2. The number of piperidine rings is 1. The molecule has 13 heteroatoms. The Morgan fingerprint density at radius 2 is 1.98 bits per heavy atom. The topological polar surface area (TPSA) is 120 Å². The third-order valence-electron chi connectivity index (χ3n) is 7.75. The van der Waals surface area contributed by atoms with E-state index in [9.17, 15) is 27.9 Å². The number of benzene rings is 1. The Bertz CT molecular complexity index is 1440. The molecule has 1 saturated carbocycles. The molecule has 2 aliphatic rings. The summed E-state index contributed by atoms with van der Waals surface area (Å²) in [4.78, 5) is 39.3. The van der Waals surface area contributed by atoms with Crippen molar-refractivity contribution >= 4 is 34.8 Å². The van der Waals surface area contributed by atoms with Crippen LogP contribution in [0, 0.1) is 12.8 Å². The highest BCUT2D eigenvalue weighted by Gasteiger charge is 2.39. The molecule has 0 radical (unpaired) electrons. The molecular formula is C29H33F3N6O3S. The lowest BCUT2D eigenvalue weighted by Crippen LogP contribution is -2.43. The van der Waals surface area contributed by atoms with Crippen LogP contribution in [0.5, 0.6) is 0 Å². The predicted octanol–water partition coefficient (Wildman–Crippen LogP) is 5.18. The summed E-state index contributed by atoms with van der Waals surface area (Å²) in [5, 5.41) is 17.8. The van der Waals surface area contributed by atoms with Crippen LogP contribution < -0.4 is 10.6 Å². The molecule has 3 N–H and O–H groups in total. The minimum absolute atomic E-state index is 0.0501. The fourth-order valence-electron chi connectivity index (χ4n) is 5.45. The number of nitrogens with one attached hydrogen (secondary N) is 2. The van der Waals surface area contributed by atoms with Crippen LogP contribution in [0.25, 0.3) is 10.4 Å². The van der Waals surface area contributed by atoms with Gasteiger partial charge in [-0.3, -0.25) is 9.59 Å². The summed E-state index contributed by atoms with van der Waals surface area (Å²) in [7, 11) is 0. The predicted molar refractivity (Wildman–Crippen MR) is 152 cm³/mol. The van der Waals surface area contributed by atoms with E-state index in [0.717, 1.165) is 47.7 Å². The molecule has 1 aromatic carbocycles. The maximum absolute atomic E-state index is 13.1. The van der Waals surface area contributed by atoms with Gasteiger partial charge in [-0.05, 0) is 74.8 Å². The Morgan fingerprint density at radius 3 is 2.71 bits per heavy atom. The molecule has 0 spiro atoms. The van der Waals surface area contributed by atoms with E-state index in [2.05, 4.69) is 25.6 Å². The normalized spacial score (nSPS) is 21.3. The largest absolute Gasteiger partial charge is 0.433 e. The number of amides is 2. The summed E-state index contributed by atoms with van der Waals surface area (Å²) in [5.74, 6) is -0.276. The molecule has 3 aromatic rings. The van der Waals surface area contributed by atoms with Crippen LogP contribution in [0.3, 0.4) is 0 Å². The molecule has 0 unspecified atom stereocenters. The Balaban J connectivity index is 1.19. The molecule has 1 aliphatic heterocycles. The van der Waals surface area contributed by atoms with E-state index in [4.69, 9.17) is 0 Å². The maximum Gasteiger partial charge on any atom is 0.433 e. The first kappa shape index (κ1) is 29.9. The summed E-state index contributed by atoms with van der Waals surface area (Å²) in [6, 6.07) is 6.30. The van der Waals surface area contributed by atoms with Crippen LogP contribution in [0.4, 0.5) is 24.8 Å². The minimum Gasteiger partial charge on any atom is -0.383 e. The van der Waals surface area contributed by atoms with Crippen LogP contribution in [0.1, 0.15) is 61.2 Å². The summed E-state index contributed by atoms with van der Waals surface area (Å²) in [6.45, 7) is 3.56. The second-order valence-electron chi connectivity index (χ2n) is 10.9. The van der Waals surface area contributed by atoms with Gasteiger partial charge in [0.2, 0.25) is 17.8 Å². The lowest BCUT2D eigenvalue weighted by molar-refractivity contribution is -0.141. The first-order valence-corrected chi connectivity index (χ1v) is 14.9. The first-order valence-electron chi connectivity index (χ1n) is 14.0. The fraction of sp³-hybridized carbons (Fsp3) is 0.483. The third kappa shape index (κ3) is 7.06. The van der Waals surface area contributed by atoms with E-state index in [1.54, 1.807) is 23.2 Å². The van der Waals surface area contributed by atoms with Gasteiger partial charge in [0.15, 0.2) is 0 Å². The molecule has 0 bridgehead atoms. The molecule has 224 valence electrons. The number of anilines is 2. The van der Waals surface area contributed by atoms with Gasteiger partial charge in [0.25, 0.3) is 0 Å². The smallest absolute Gasteiger partial charge is 0.383 e. The number of hydrogen-bond donors (Lipinski definition) is 3. The van der Waals surface area contributed by atoms with Gasteiger partial charge in [-0.25, -0.2) is 15.0 Å². The number of nitrogens with zero attached hydrogens (tertiary/aromatic N) is 4. The monoisotopic (exact) mass is 602 g/mol. The van der Waals surface area contributed by atoms with Gasteiger partial charge in [-0.2, -0.15) is 13.2 Å².